The Morgan fingerprint density at radius 2 is 2.27 bits per heavy atom. The van der Waals surface area contributed by atoms with E-state index in [9.17, 15) is 4.79 Å². The average molecular weight is 276 g/mol. The first kappa shape index (κ1) is 13.0. The highest BCUT2D eigenvalue weighted by Gasteiger charge is 2.21. The van der Waals surface area contributed by atoms with Gasteiger partial charge in [-0.25, -0.2) is 0 Å². The maximum absolute atomic E-state index is 11.8. The van der Waals surface area contributed by atoms with Gasteiger partial charge in [-0.15, -0.1) is 0 Å². The number of alkyl halides is 1. The molecule has 3 heteroatoms. The fraction of sp³-hybridized carbons (Fsp3) is 0.917. The summed E-state index contributed by atoms with van der Waals surface area (Å²) in [5.74, 6) is 1.68. The van der Waals surface area contributed by atoms with Crippen LogP contribution in [-0.2, 0) is 4.79 Å². The van der Waals surface area contributed by atoms with Gasteiger partial charge in [-0.1, -0.05) is 36.2 Å². The minimum absolute atomic E-state index is 0.360. The van der Waals surface area contributed by atoms with Crippen LogP contribution >= 0.6 is 15.9 Å². The topological polar surface area (TPSA) is 20.3 Å². The van der Waals surface area contributed by atoms with Crippen LogP contribution in [0.25, 0.3) is 0 Å². The maximum atomic E-state index is 11.8. The van der Waals surface area contributed by atoms with Crippen molar-refractivity contribution in [2.75, 3.05) is 18.4 Å². The lowest BCUT2D eigenvalue weighted by molar-refractivity contribution is -0.131. The monoisotopic (exact) mass is 275 g/mol. The zero-order valence-electron chi connectivity index (χ0n) is 9.84. The molecular weight excluding hydrogens is 254 g/mol. The summed E-state index contributed by atoms with van der Waals surface area (Å²) in [4.78, 5) is 13.9. The Kier molecular flexibility index (Phi) is 5.65. The number of hydrogen-bond acceptors (Lipinski definition) is 1. The molecule has 1 heterocycles. The highest BCUT2D eigenvalue weighted by molar-refractivity contribution is 9.09. The molecule has 0 radical (unpaired) electrons. The van der Waals surface area contributed by atoms with Crippen molar-refractivity contribution >= 4 is 21.8 Å². The second-order valence-corrected chi connectivity index (χ2v) is 5.35. The molecule has 0 aromatic carbocycles. The van der Waals surface area contributed by atoms with E-state index in [1.165, 1.54) is 6.42 Å². The number of likely N-dealkylation sites (tertiary alicyclic amines) is 1. The predicted octanol–water partition coefficient (Wildman–Crippen LogP) is 3.06. The summed E-state index contributed by atoms with van der Waals surface area (Å²) in [6, 6.07) is 0. The van der Waals surface area contributed by atoms with Crippen molar-refractivity contribution in [2.24, 2.45) is 11.8 Å². The number of nitrogens with zero attached hydrogens (tertiary/aromatic N) is 1. The summed E-state index contributed by atoms with van der Waals surface area (Å²) in [5, 5.41) is 1.00. The van der Waals surface area contributed by atoms with Crippen LogP contribution in [-0.4, -0.2) is 29.2 Å². The van der Waals surface area contributed by atoms with Crippen LogP contribution in [0.15, 0.2) is 0 Å². The minimum Gasteiger partial charge on any atom is -0.342 e. The van der Waals surface area contributed by atoms with Crippen LogP contribution in [0.4, 0.5) is 0 Å². The summed E-state index contributed by atoms with van der Waals surface area (Å²) in [6.45, 7) is 6.34. The van der Waals surface area contributed by atoms with Gasteiger partial charge in [-0.05, 0) is 24.7 Å². The van der Waals surface area contributed by atoms with Crippen molar-refractivity contribution in [3.8, 4) is 0 Å². The van der Waals surface area contributed by atoms with Crippen LogP contribution < -0.4 is 0 Å². The lowest BCUT2D eigenvalue weighted by Crippen LogP contribution is -2.35. The van der Waals surface area contributed by atoms with Crippen molar-refractivity contribution in [1.29, 1.82) is 0 Å². The molecule has 0 aromatic heterocycles. The molecule has 2 nitrogen and oxygen atoms in total. The molecule has 2 unspecified atom stereocenters. The molecule has 0 saturated carbocycles. The van der Waals surface area contributed by atoms with Gasteiger partial charge >= 0.3 is 0 Å². The first-order chi connectivity index (χ1) is 7.17. The van der Waals surface area contributed by atoms with E-state index in [4.69, 9.17) is 0 Å². The van der Waals surface area contributed by atoms with Crippen molar-refractivity contribution in [2.45, 2.75) is 39.5 Å². The van der Waals surface area contributed by atoms with E-state index in [2.05, 4.69) is 34.7 Å². The van der Waals surface area contributed by atoms with E-state index in [0.717, 1.165) is 37.7 Å². The third kappa shape index (κ3) is 4.13. The Bertz CT molecular complexity index is 204. The van der Waals surface area contributed by atoms with E-state index in [-0.39, 0.29) is 0 Å². The van der Waals surface area contributed by atoms with Crippen molar-refractivity contribution < 1.29 is 4.79 Å². The van der Waals surface area contributed by atoms with E-state index in [1.807, 2.05) is 0 Å². The Balaban J connectivity index is 2.48. The van der Waals surface area contributed by atoms with E-state index >= 15 is 0 Å². The third-order valence-corrected chi connectivity index (χ3v) is 4.29. The number of amides is 1. The summed E-state index contributed by atoms with van der Waals surface area (Å²) < 4.78 is 0. The molecule has 0 aliphatic carbocycles. The molecule has 15 heavy (non-hydrogen) atoms. The maximum Gasteiger partial charge on any atom is 0.222 e. The molecule has 1 saturated heterocycles. The van der Waals surface area contributed by atoms with Gasteiger partial charge in [0, 0.05) is 24.8 Å². The smallest absolute Gasteiger partial charge is 0.222 e. The minimum atomic E-state index is 0.360. The molecule has 2 atom stereocenters. The molecule has 1 aliphatic rings. The van der Waals surface area contributed by atoms with Gasteiger partial charge in [0.1, 0.15) is 0 Å². The van der Waals surface area contributed by atoms with Crippen LogP contribution in [0, 0.1) is 11.8 Å². The zero-order chi connectivity index (χ0) is 11.3. The second kappa shape index (κ2) is 6.51. The third-order valence-electron chi connectivity index (χ3n) is 3.37. The van der Waals surface area contributed by atoms with Gasteiger partial charge in [-0.3, -0.25) is 4.79 Å². The van der Waals surface area contributed by atoms with Crippen LogP contribution in [0.3, 0.4) is 0 Å². The number of hydrogen-bond donors (Lipinski definition) is 0. The summed E-state index contributed by atoms with van der Waals surface area (Å²) >= 11 is 3.52. The SMILES string of the molecule is CCC(CBr)CN1CCC(C)CCC1=O. The van der Waals surface area contributed by atoms with Crippen molar-refractivity contribution in [3.63, 3.8) is 0 Å². The largest absolute Gasteiger partial charge is 0.342 e. The van der Waals surface area contributed by atoms with Gasteiger partial charge in [0.15, 0.2) is 0 Å². The van der Waals surface area contributed by atoms with Crippen LogP contribution in [0.2, 0.25) is 0 Å². The lowest BCUT2D eigenvalue weighted by atomic mass is 10.0. The van der Waals surface area contributed by atoms with Gasteiger partial charge in [0.2, 0.25) is 5.91 Å². The molecule has 0 bridgehead atoms. The Morgan fingerprint density at radius 1 is 1.53 bits per heavy atom. The van der Waals surface area contributed by atoms with Crippen molar-refractivity contribution in [3.05, 3.63) is 0 Å². The molecule has 1 amide bonds. The average Bonchev–Trinajstić information content (AvgIpc) is 2.40. The van der Waals surface area contributed by atoms with Gasteiger partial charge < -0.3 is 4.90 Å². The molecule has 1 aliphatic heterocycles. The number of carbonyl (C=O) groups is 1. The number of halogens is 1. The Labute approximate surface area is 102 Å². The van der Waals surface area contributed by atoms with E-state index in [0.29, 0.717) is 17.7 Å². The molecule has 88 valence electrons. The summed E-state index contributed by atoms with van der Waals surface area (Å²) in [6.07, 6.45) is 4.13. The predicted molar refractivity (Wildman–Crippen MR) is 67.2 cm³/mol. The normalized spacial score (nSPS) is 25.1. The standard InChI is InChI=1S/C12H22BrNO/c1-3-11(8-13)9-14-7-6-10(2)4-5-12(14)15/h10-11H,3-9H2,1-2H3. The molecular formula is C12H22BrNO. The number of carbonyl (C=O) groups excluding carboxylic acids is 1. The van der Waals surface area contributed by atoms with Crippen molar-refractivity contribution in [1.82, 2.24) is 4.90 Å². The fourth-order valence-corrected chi connectivity index (χ4v) is 2.63. The molecule has 0 aromatic rings. The summed E-state index contributed by atoms with van der Waals surface area (Å²) in [5.41, 5.74) is 0. The Hall–Kier alpha value is -0.0500. The number of rotatable bonds is 4. The molecule has 1 fully saturated rings. The van der Waals surface area contributed by atoms with Gasteiger partial charge in [-0.2, -0.15) is 0 Å². The summed E-state index contributed by atoms with van der Waals surface area (Å²) in [7, 11) is 0. The highest BCUT2D eigenvalue weighted by Crippen LogP contribution is 2.19. The molecule has 1 rings (SSSR count). The zero-order valence-corrected chi connectivity index (χ0v) is 11.4. The fourth-order valence-electron chi connectivity index (χ4n) is 1.97. The van der Waals surface area contributed by atoms with E-state index in [1.54, 1.807) is 0 Å². The van der Waals surface area contributed by atoms with E-state index < -0.39 is 0 Å². The first-order valence-corrected chi connectivity index (χ1v) is 7.13. The lowest BCUT2D eigenvalue weighted by Gasteiger charge is -2.25. The van der Waals surface area contributed by atoms with Gasteiger partial charge in [0.25, 0.3) is 0 Å². The molecule has 0 N–H and O–H groups in total. The molecule has 0 spiro atoms. The quantitative estimate of drug-likeness (QED) is 0.723. The first-order valence-electron chi connectivity index (χ1n) is 6.01. The second-order valence-electron chi connectivity index (χ2n) is 4.70. The van der Waals surface area contributed by atoms with Gasteiger partial charge in [0.05, 0.1) is 0 Å². The van der Waals surface area contributed by atoms with Crippen LogP contribution in [0.5, 0.6) is 0 Å². The van der Waals surface area contributed by atoms with Crippen LogP contribution in [0.1, 0.15) is 39.5 Å². The highest BCUT2D eigenvalue weighted by atomic mass is 79.9. The Morgan fingerprint density at radius 3 is 2.87 bits per heavy atom.